The third-order valence-electron chi connectivity index (χ3n) is 1.94. The van der Waals surface area contributed by atoms with Crippen LogP contribution in [-0.2, 0) is 9.53 Å². The molecule has 0 fully saturated rings. The molecule has 0 saturated carbocycles. The number of nitrogens with zero attached hydrogens (tertiary/aromatic N) is 2. The van der Waals surface area contributed by atoms with Gasteiger partial charge in [0.25, 0.3) is 0 Å². The van der Waals surface area contributed by atoms with Gasteiger partial charge in [-0.05, 0) is 20.8 Å². The number of carbonyl (C=O) groups excluding carboxylic acids is 1. The summed E-state index contributed by atoms with van der Waals surface area (Å²) in [6, 6.07) is 0.256. The molecule has 5 heteroatoms. The first-order valence-corrected chi connectivity index (χ1v) is 4.68. The van der Waals surface area contributed by atoms with Crippen molar-refractivity contribution in [2.24, 2.45) is 10.9 Å². The van der Waals surface area contributed by atoms with Gasteiger partial charge in [0.2, 0.25) is 0 Å². The first-order valence-electron chi connectivity index (χ1n) is 4.68. The predicted molar refractivity (Wildman–Crippen MR) is 55.8 cm³/mol. The molecule has 0 bridgehead atoms. The van der Waals surface area contributed by atoms with E-state index in [-0.39, 0.29) is 18.4 Å². The zero-order valence-corrected chi connectivity index (χ0v) is 9.28. The summed E-state index contributed by atoms with van der Waals surface area (Å²) in [5.74, 6) is 5.43. The maximum Gasteiger partial charge on any atom is 0.313 e. The second-order valence-electron chi connectivity index (χ2n) is 3.23. The summed E-state index contributed by atoms with van der Waals surface area (Å²) < 4.78 is 4.80. The fraction of sp³-hybridized carbons (Fsp3) is 0.778. The molecule has 0 aliphatic heterocycles. The zero-order chi connectivity index (χ0) is 11.1. The quantitative estimate of drug-likeness (QED) is 0.237. The Morgan fingerprint density at radius 3 is 2.50 bits per heavy atom. The lowest BCUT2D eigenvalue weighted by atomic mass is 10.3. The molecule has 0 aliphatic rings. The third kappa shape index (κ3) is 4.11. The highest BCUT2D eigenvalue weighted by atomic mass is 16.5. The summed E-state index contributed by atoms with van der Waals surface area (Å²) in [5.41, 5.74) is 0. The fourth-order valence-corrected chi connectivity index (χ4v) is 0.901. The van der Waals surface area contributed by atoms with Gasteiger partial charge in [-0.2, -0.15) is 5.10 Å². The van der Waals surface area contributed by atoms with E-state index in [1.807, 2.05) is 25.8 Å². The number of hydrazone groups is 1. The van der Waals surface area contributed by atoms with Gasteiger partial charge in [0, 0.05) is 13.1 Å². The Balaban J connectivity index is 4.24. The van der Waals surface area contributed by atoms with E-state index >= 15 is 0 Å². The molecule has 0 rings (SSSR count). The highest BCUT2D eigenvalue weighted by Crippen LogP contribution is 2.00. The van der Waals surface area contributed by atoms with Gasteiger partial charge in [0.1, 0.15) is 12.3 Å². The van der Waals surface area contributed by atoms with Crippen LogP contribution in [0.25, 0.3) is 0 Å². The van der Waals surface area contributed by atoms with Gasteiger partial charge in [-0.1, -0.05) is 0 Å². The molecule has 14 heavy (non-hydrogen) atoms. The van der Waals surface area contributed by atoms with Gasteiger partial charge in [0.15, 0.2) is 0 Å². The van der Waals surface area contributed by atoms with E-state index in [0.717, 1.165) is 0 Å². The smallest absolute Gasteiger partial charge is 0.313 e. The van der Waals surface area contributed by atoms with E-state index in [0.29, 0.717) is 12.4 Å². The summed E-state index contributed by atoms with van der Waals surface area (Å²) in [6.45, 7) is 6.14. The summed E-state index contributed by atoms with van der Waals surface area (Å²) in [7, 11) is 1.84. The van der Waals surface area contributed by atoms with Crippen LogP contribution in [-0.4, -0.2) is 36.4 Å². The molecule has 0 aliphatic carbocycles. The van der Waals surface area contributed by atoms with Crippen LogP contribution < -0.4 is 5.84 Å². The Hall–Kier alpha value is -1.26. The van der Waals surface area contributed by atoms with Crippen molar-refractivity contribution < 1.29 is 9.53 Å². The summed E-state index contributed by atoms with van der Waals surface area (Å²) >= 11 is 0. The van der Waals surface area contributed by atoms with Gasteiger partial charge in [-0.15, -0.1) is 0 Å². The number of nitrogens with two attached hydrogens (primary N) is 1. The van der Waals surface area contributed by atoms with E-state index in [9.17, 15) is 4.79 Å². The maximum atomic E-state index is 11.2. The van der Waals surface area contributed by atoms with Gasteiger partial charge in [0.05, 0.1) is 6.61 Å². The van der Waals surface area contributed by atoms with E-state index in [2.05, 4.69) is 5.10 Å². The van der Waals surface area contributed by atoms with Crippen molar-refractivity contribution in [3.63, 3.8) is 0 Å². The SMILES string of the molecule is CCOC(=O)C/C(=N/N)N(C)C(C)C. The lowest BCUT2D eigenvalue weighted by Gasteiger charge is -2.24. The van der Waals surface area contributed by atoms with Crippen LogP contribution in [0, 0.1) is 0 Å². The highest BCUT2D eigenvalue weighted by molar-refractivity contribution is 5.97. The number of hydrogen-bond acceptors (Lipinski definition) is 4. The summed E-state index contributed by atoms with van der Waals surface area (Å²) in [4.78, 5) is 13.0. The molecule has 0 spiro atoms. The molecule has 2 N–H and O–H groups in total. The monoisotopic (exact) mass is 201 g/mol. The molecule has 0 aromatic carbocycles. The molecule has 0 aromatic heterocycles. The Bertz CT molecular complexity index is 214. The van der Waals surface area contributed by atoms with E-state index in [1.54, 1.807) is 6.92 Å². The predicted octanol–water partition coefficient (Wildman–Crippen LogP) is 0.552. The Morgan fingerprint density at radius 1 is 1.57 bits per heavy atom. The average Bonchev–Trinajstić information content (AvgIpc) is 2.13. The minimum Gasteiger partial charge on any atom is -0.466 e. The maximum absolute atomic E-state index is 11.2. The molecule has 0 radical (unpaired) electrons. The molecule has 0 atom stereocenters. The lowest BCUT2D eigenvalue weighted by Crippen LogP contribution is -2.35. The lowest BCUT2D eigenvalue weighted by molar-refractivity contribution is -0.141. The molecule has 0 heterocycles. The molecular formula is C9H19N3O2. The van der Waals surface area contributed by atoms with Crippen molar-refractivity contribution in [3.8, 4) is 0 Å². The fourth-order valence-electron chi connectivity index (χ4n) is 0.901. The van der Waals surface area contributed by atoms with Crippen molar-refractivity contribution in [2.45, 2.75) is 33.2 Å². The number of amidine groups is 1. The first kappa shape index (κ1) is 12.7. The summed E-state index contributed by atoms with van der Waals surface area (Å²) in [6.07, 6.45) is 0.124. The second kappa shape index (κ2) is 6.23. The van der Waals surface area contributed by atoms with Gasteiger partial charge < -0.3 is 15.5 Å². The van der Waals surface area contributed by atoms with Crippen molar-refractivity contribution in [2.75, 3.05) is 13.7 Å². The molecule has 82 valence electrons. The Kier molecular flexibility index (Phi) is 5.67. The van der Waals surface area contributed by atoms with Crippen LogP contribution in [0.1, 0.15) is 27.2 Å². The van der Waals surface area contributed by atoms with Gasteiger partial charge in [-0.25, -0.2) is 0 Å². The van der Waals surface area contributed by atoms with E-state index in [1.165, 1.54) is 0 Å². The zero-order valence-electron chi connectivity index (χ0n) is 9.28. The van der Waals surface area contributed by atoms with Crippen molar-refractivity contribution in [3.05, 3.63) is 0 Å². The largest absolute Gasteiger partial charge is 0.466 e. The molecule has 5 nitrogen and oxygen atoms in total. The highest BCUT2D eigenvalue weighted by Gasteiger charge is 2.14. The third-order valence-corrected chi connectivity index (χ3v) is 1.94. The van der Waals surface area contributed by atoms with Crippen molar-refractivity contribution >= 4 is 11.8 Å². The first-order chi connectivity index (χ1) is 6.52. The Morgan fingerprint density at radius 2 is 2.14 bits per heavy atom. The molecule has 0 unspecified atom stereocenters. The molecule has 0 amide bonds. The average molecular weight is 201 g/mol. The van der Waals surface area contributed by atoms with Crippen LogP contribution in [0.5, 0.6) is 0 Å². The van der Waals surface area contributed by atoms with Crippen LogP contribution in [0.4, 0.5) is 0 Å². The number of esters is 1. The molecule has 0 aromatic rings. The van der Waals surface area contributed by atoms with E-state index in [4.69, 9.17) is 10.6 Å². The minimum atomic E-state index is -0.302. The van der Waals surface area contributed by atoms with Crippen molar-refractivity contribution in [1.29, 1.82) is 0 Å². The van der Waals surface area contributed by atoms with Crippen molar-refractivity contribution in [1.82, 2.24) is 4.90 Å². The number of carbonyl (C=O) groups is 1. The topological polar surface area (TPSA) is 67.9 Å². The number of hydrogen-bond donors (Lipinski definition) is 1. The molecular weight excluding hydrogens is 182 g/mol. The van der Waals surface area contributed by atoms with Crippen LogP contribution in [0.2, 0.25) is 0 Å². The van der Waals surface area contributed by atoms with E-state index < -0.39 is 0 Å². The number of ether oxygens (including phenoxy) is 1. The minimum absolute atomic E-state index is 0.124. The normalized spacial score (nSPS) is 11.6. The van der Waals surface area contributed by atoms with Crippen LogP contribution in [0.15, 0.2) is 5.10 Å². The van der Waals surface area contributed by atoms with Crippen LogP contribution >= 0.6 is 0 Å². The van der Waals surface area contributed by atoms with Gasteiger partial charge in [-0.3, -0.25) is 4.79 Å². The van der Waals surface area contributed by atoms with Crippen LogP contribution in [0.3, 0.4) is 0 Å². The standard InChI is InChI=1S/C9H19N3O2/c1-5-14-9(13)6-8(11-10)12(4)7(2)3/h7H,5-6,10H2,1-4H3/b11-8-. The second-order valence-corrected chi connectivity index (χ2v) is 3.23. The summed E-state index contributed by atoms with van der Waals surface area (Å²) in [5, 5.41) is 3.57. The number of rotatable bonds is 4. The van der Waals surface area contributed by atoms with Gasteiger partial charge >= 0.3 is 5.97 Å². The molecule has 0 saturated heterocycles. The Labute approximate surface area is 84.9 Å².